The zero-order valence-corrected chi connectivity index (χ0v) is 10.3. The van der Waals surface area contributed by atoms with Crippen molar-refractivity contribution in [3.05, 3.63) is 34.9 Å². The first kappa shape index (κ1) is 11.8. The van der Waals surface area contributed by atoms with Crippen molar-refractivity contribution >= 4 is 5.57 Å². The number of para-hydroxylation sites is 1. The van der Waals surface area contributed by atoms with Crippen LogP contribution in [0.1, 0.15) is 51.7 Å². The van der Waals surface area contributed by atoms with Gasteiger partial charge in [-0.3, -0.25) is 0 Å². The van der Waals surface area contributed by atoms with Crippen LogP contribution in [-0.4, -0.2) is 5.11 Å². The highest BCUT2D eigenvalue weighted by Gasteiger charge is 2.11. The molecule has 0 aromatic heterocycles. The lowest BCUT2D eigenvalue weighted by atomic mass is 9.95. The third kappa shape index (κ3) is 2.41. The van der Waals surface area contributed by atoms with Gasteiger partial charge in [0.25, 0.3) is 0 Å². The summed E-state index contributed by atoms with van der Waals surface area (Å²) in [5.41, 5.74) is 4.38. The minimum atomic E-state index is 0.356. The summed E-state index contributed by atoms with van der Waals surface area (Å²) in [6, 6.07) is 5.97. The number of rotatable bonds is 2. The van der Waals surface area contributed by atoms with Gasteiger partial charge in [-0.05, 0) is 37.8 Å². The Morgan fingerprint density at radius 3 is 2.20 bits per heavy atom. The Balaban J connectivity index is 3.34. The van der Waals surface area contributed by atoms with Crippen LogP contribution in [0.4, 0.5) is 0 Å². The van der Waals surface area contributed by atoms with E-state index in [1.807, 2.05) is 18.2 Å². The van der Waals surface area contributed by atoms with Crippen molar-refractivity contribution in [1.29, 1.82) is 0 Å². The minimum Gasteiger partial charge on any atom is -0.507 e. The lowest BCUT2D eigenvalue weighted by molar-refractivity contribution is 0.463. The molecule has 1 aromatic carbocycles. The van der Waals surface area contributed by atoms with Gasteiger partial charge in [0.1, 0.15) is 5.75 Å². The Morgan fingerprint density at radius 2 is 1.73 bits per heavy atom. The summed E-state index contributed by atoms with van der Waals surface area (Å²) in [4.78, 5) is 0. The molecule has 0 bridgehead atoms. The van der Waals surface area contributed by atoms with E-state index in [4.69, 9.17) is 0 Å². The number of phenols is 1. The van der Waals surface area contributed by atoms with Gasteiger partial charge >= 0.3 is 0 Å². The van der Waals surface area contributed by atoms with Crippen LogP contribution in [-0.2, 0) is 0 Å². The third-order valence-corrected chi connectivity index (χ3v) is 2.84. The lowest BCUT2D eigenvalue weighted by Gasteiger charge is -2.13. The van der Waals surface area contributed by atoms with Gasteiger partial charge in [0.05, 0.1) is 0 Å². The Kier molecular flexibility index (Phi) is 3.57. The second kappa shape index (κ2) is 4.52. The predicted octanol–water partition coefficient (Wildman–Crippen LogP) is 4.33. The molecule has 82 valence electrons. The molecule has 0 spiro atoms. The van der Waals surface area contributed by atoms with Gasteiger partial charge in [-0.25, -0.2) is 0 Å². The molecule has 0 heterocycles. The van der Waals surface area contributed by atoms with Crippen LogP contribution >= 0.6 is 0 Å². The zero-order valence-electron chi connectivity index (χ0n) is 10.3. The molecular formula is C14H20O. The van der Waals surface area contributed by atoms with Gasteiger partial charge < -0.3 is 5.11 Å². The smallest absolute Gasteiger partial charge is 0.126 e. The molecule has 0 amide bonds. The molecule has 0 saturated carbocycles. The van der Waals surface area contributed by atoms with Crippen LogP contribution in [0.25, 0.3) is 5.57 Å². The van der Waals surface area contributed by atoms with E-state index < -0.39 is 0 Å². The molecule has 1 rings (SSSR count). The van der Waals surface area contributed by atoms with Crippen LogP contribution in [0.15, 0.2) is 23.8 Å². The molecule has 0 aliphatic rings. The van der Waals surface area contributed by atoms with Crippen molar-refractivity contribution in [3.8, 4) is 5.75 Å². The second-order valence-electron chi connectivity index (χ2n) is 4.52. The first-order valence-corrected chi connectivity index (χ1v) is 5.41. The van der Waals surface area contributed by atoms with E-state index in [-0.39, 0.29) is 0 Å². The van der Waals surface area contributed by atoms with Crippen LogP contribution in [0.2, 0.25) is 0 Å². The zero-order chi connectivity index (χ0) is 11.6. The largest absolute Gasteiger partial charge is 0.507 e. The highest BCUT2D eigenvalue weighted by molar-refractivity contribution is 5.72. The maximum Gasteiger partial charge on any atom is 0.126 e. The molecule has 1 N–H and O–H groups in total. The molecule has 15 heavy (non-hydrogen) atoms. The molecule has 0 aliphatic carbocycles. The summed E-state index contributed by atoms with van der Waals surface area (Å²) in [5, 5.41) is 10.1. The minimum absolute atomic E-state index is 0.356. The van der Waals surface area contributed by atoms with Crippen molar-refractivity contribution in [2.45, 2.75) is 40.5 Å². The van der Waals surface area contributed by atoms with Crippen molar-refractivity contribution in [1.82, 2.24) is 0 Å². The van der Waals surface area contributed by atoms with Gasteiger partial charge in [-0.15, -0.1) is 0 Å². The fraction of sp³-hybridized carbons (Fsp3) is 0.429. The van der Waals surface area contributed by atoms with E-state index in [1.54, 1.807) is 0 Å². The molecule has 0 radical (unpaired) electrons. The van der Waals surface area contributed by atoms with Gasteiger partial charge in [0, 0.05) is 5.56 Å². The molecule has 0 aliphatic heterocycles. The predicted molar refractivity (Wildman–Crippen MR) is 66.1 cm³/mol. The summed E-state index contributed by atoms with van der Waals surface area (Å²) >= 11 is 0. The lowest BCUT2D eigenvalue weighted by Crippen LogP contribution is -1.92. The maximum absolute atomic E-state index is 10.1. The summed E-state index contributed by atoms with van der Waals surface area (Å²) in [7, 11) is 0. The summed E-state index contributed by atoms with van der Waals surface area (Å²) < 4.78 is 0. The standard InChI is InChI=1S/C14H20O/c1-9(2)11(5)13-8-6-7-12(10(3)4)14(13)15/h6-8,10,15H,1-5H3. The molecule has 0 unspecified atom stereocenters. The molecule has 1 aromatic rings. The van der Waals surface area contributed by atoms with Gasteiger partial charge in [0.15, 0.2) is 0 Å². The Bertz CT molecular complexity index is 382. The number of benzene rings is 1. The van der Waals surface area contributed by atoms with Crippen LogP contribution in [0, 0.1) is 0 Å². The van der Waals surface area contributed by atoms with Crippen molar-refractivity contribution in [3.63, 3.8) is 0 Å². The normalized spacial score (nSPS) is 10.5. The highest BCUT2D eigenvalue weighted by atomic mass is 16.3. The molecule has 0 atom stereocenters. The fourth-order valence-corrected chi connectivity index (χ4v) is 1.60. The maximum atomic E-state index is 10.1. The Hall–Kier alpha value is -1.24. The number of allylic oxidation sites excluding steroid dienone is 2. The number of phenolic OH excluding ortho intramolecular Hbond substituents is 1. The highest BCUT2D eigenvalue weighted by Crippen LogP contribution is 2.33. The van der Waals surface area contributed by atoms with E-state index >= 15 is 0 Å². The van der Waals surface area contributed by atoms with Gasteiger partial charge in [-0.1, -0.05) is 37.6 Å². The van der Waals surface area contributed by atoms with Crippen molar-refractivity contribution < 1.29 is 5.11 Å². The first-order valence-electron chi connectivity index (χ1n) is 5.41. The molecule has 1 heteroatoms. The summed E-state index contributed by atoms with van der Waals surface area (Å²) in [6.07, 6.45) is 0. The van der Waals surface area contributed by atoms with Gasteiger partial charge in [-0.2, -0.15) is 0 Å². The van der Waals surface area contributed by atoms with Gasteiger partial charge in [0.2, 0.25) is 0 Å². The molecule has 0 saturated heterocycles. The Labute approximate surface area is 92.5 Å². The monoisotopic (exact) mass is 204 g/mol. The van der Waals surface area contributed by atoms with Crippen molar-refractivity contribution in [2.24, 2.45) is 0 Å². The SMILES string of the molecule is CC(C)=C(C)c1cccc(C(C)C)c1O. The van der Waals surface area contributed by atoms with E-state index in [2.05, 4.69) is 34.6 Å². The first-order chi connectivity index (χ1) is 6.95. The number of hydrogen-bond donors (Lipinski definition) is 1. The van der Waals surface area contributed by atoms with Crippen LogP contribution in [0.5, 0.6) is 5.75 Å². The van der Waals surface area contributed by atoms with E-state index in [9.17, 15) is 5.11 Å². The second-order valence-corrected chi connectivity index (χ2v) is 4.52. The third-order valence-electron chi connectivity index (χ3n) is 2.84. The average molecular weight is 204 g/mol. The van der Waals surface area contributed by atoms with E-state index in [1.165, 1.54) is 5.57 Å². The average Bonchev–Trinajstić information content (AvgIpc) is 2.16. The van der Waals surface area contributed by atoms with E-state index in [0.717, 1.165) is 16.7 Å². The van der Waals surface area contributed by atoms with Crippen molar-refractivity contribution in [2.75, 3.05) is 0 Å². The summed E-state index contributed by atoms with van der Waals surface area (Å²) in [6.45, 7) is 10.4. The topological polar surface area (TPSA) is 20.2 Å². The van der Waals surface area contributed by atoms with Crippen LogP contribution in [0.3, 0.4) is 0 Å². The number of aromatic hydroxyl groups is 1. The fourth-order valence-electron chi connectivity index (χ4n) is 1.60. The molecular weight excluding hydrogens is 184 g/mol. The summed E-state index contributed by atoms with van der Waals surface area (Å²) in [5.74, 6) is 0.793. The van der Waals surface area contributed by atoms with Crippen LogP contribution < -0.4 is 0 Å². The quantitative estimate of drug-likeness (QED) is 0.760. The number of hydrogen-bond acceptors (Lipinski definition) is 1. The molecule has 1 nitrogen and oxygen atoms in total. The van der Waals surface area contributed by atoms with E-state index in [0.29, 0.717) is 11.7 Å². The molecule has 0 fully saturated rings. The Morgan fingerprint density at radius 1 is 1.13 bits per heavy atom.